The van der Waals surface area contributed by atoms with E-state index in [1.807, 2.05) is 6.07 Å². The molecular formula is C19H26O5S. The van der Waals surface area contributed by atoms with E-state index in [0.29, 0.717) is 37.4 Å². The third-order valence-electron chi connectivity index (χ3n) is 5.67. The van der Waals surface area contributed by atoms with Crippen LogP contribution in [-0.4, -0.2) is 38.5 Å². The van der Waals surface area contributed by atoms with E-state index in [1.54, 1.807) is 24.3 Å². The molecule has 3 fully saturated rings. The average molecular weight is 366 g/mol. The smallest absolute Gasteiger partial charge is 0.188 e. The summed E-state index contributed by atoms with van der Waals surface area (Å²) in [6, 6.07) is 8.67. The van der Waals surface area contributed by atoms with E-state index in [0.717, 1.165) is 32.1 Å². The first-order chi connectivity index (χ1) is 12.1. The van der Waals surface area contributed by atoms with Crippen molar-refractivity contribution in [3.8, 4) is 0 Å². The topological polar surface area (TPSA) is 61.8 Å². The Bertz CT molecular complexity index is 688. The Morgan fingerprint density at radius 1 is 0.880 bits per heavy atom. The lowest BCUT2D eigenvalue weighted by atomic mass is 9.89. The van der Waals surface area contributed by atoms with Crippen LogP contribution in [0.15, 0.2) is 35.2 Å². The Labute approximate surface area is 149 Å². The zero-order valence-electron chi connectivity index (χ0n) is 14.5. The van der Waals surface area contributed by atoms with Crippen LogP contribution >= 0.6 is 0 Å². The predicted octanol–water partition coefficient (Wildman–Crippen LogP) is 3.43. The van der Waals surface area contributed by atoms with Crippen molar-refractivity contribution in [2.75, 3.05) is 13.2 Å². The summed E-state index contributed by atoms with van der Waals surface area (Å²) < 4.78 is 45.2. The first-order valence-corrected chi connectivity index (χ1v) is 10.9. The highest BCUT2D eigenvalue weighted by molar-refractivity contribution is 7.92. The van der Waals surface area contributed by atoms with Crippen LogP contribution in [0.5, 0.6) is 0 Å². The third-order valence-corrected chi connectivity index (χ3v) is 7.94. The number of sulfone groups is 1. The quantitative estimate of drug-likeness (QED) is 0.802. The summed E-state index contributed by atoms with van der Waals surface area (Å²) in [5.41, 5.74) is 0. The molecule has 0 N–H and O–H groups in total. The zero-order chi connectivity index (χ0) is 17.4. The van der Waals surface area contributed by atoms with E-state index in [9.17, 15) is 8.42 Å². The summed E-state index contributed by atoms with van der Waals surface area (Å²) in [6.07, 6.45) is 6.47. The van der Waals surface area contributed by atoms with Gasteiger partial charge in [-0.2, -0.15) is 0 Å². The van der Waals surface area contributed by atoms with E-state index in [-0.39, 0.29) is 0 Å². The molecule has 0 aliphatic carbocycles. The van der Waals surface area contributed by atoms with Crippen molar-refractivity contribution in [1.29, 1.82) is 0 Å². The van der Waals surface area contributed by atoms with Crippen LogP contribution in [0, 0.1) is 0 Å². The second-order valence-corrected chi connectivity index (χ2v) is 9.45. The molecule has 3 aliphatic rings. The van der Waals surface area contributed by atoms with Crippen LogP contribution in [-0.2, 0) is 24.0 Å². The minimum Gasteiger partial charge on any atom is -0.350 e. The molecule has 0 bridgehead atoms. The normalized spacial score (nSPS) is 36.6. The molecule has 6 heteroatoms. The fourth-order valence-electron chi connectivity index (χ4n) is 4.40. The van der Waals surface area contributed by atoms with E-state index < -0.39 is 26.7 Å². The number of hydrogen-bond donors (Lipinski definition) is 0. The van der Waals surface area contributed by atoms with Crippen molar-refractivity contribution in [3.05, 3.63) is 30.3 Å². The van der Waals surface area contributed by atoms with Gasteiger partial charge in [0.15, 0.2) is 21.4 Å². The molecule has 0 radical (unpaired) electrons. The van der Waals surface area contributed by atoms with Crippen LogP contribution in [0.3, 0.4) is 0 Å². The second-order valence-electron chi connectivity index (χ2n) is 7.32. The highest BCUT2D eigenvalue weighted by Crippen LogP contribution is 2.48. The molecule has 4 rings (SSSR count). The molecule has 1 aromatic carbocycles. The Hall–Kier alpha value is -0.950. The van der Waals surface area contributed by atoms with Crippen LogP contribution in [0.2, 0.25) is 0 Å². The zero-order valence-corrected chi connectivity index (χ0v) is 15.3. The van der Waals surface area contributed by atoms with Crippen LogP contribution in [0.25, 0.3) is 0 Å². The van der Waals surface area contributed by atoms with E-state index >= 15 is 0 Å². The first-order valence-electron chi connectivity index (χ1n) is 9.34. The standard InChI is InChI=1S/C19H26O5S/c20-25(21,16-8-2-1-3-9-16)17-10-13-18(11-4-6-14-22-18)24-19(17)12-5-7-15-23-19/h1-3,8-9,17H,4-7,10-15H2/t17-,18+,19-/m0/s1. The Morgan fingerprint density at radius 2 is 1.60 bits per heavy atom. The van der Waals surface area contributed by atoms with Gasteiger partial charge in [-0.05, 0) is 44.2 Å². The maximum absolute atomic E-state index is 13.3. The Balaban J connectivity index is 1.69. The summed E-state index contributed by atoms with van der Waals surface area (Å²) in [5, 5.41) is -0.682. The van der Waals surface area contributed by atoms with Crippen LogP contribution < -0.4 is 0 Å². The van der Waals surface area contributed by atoms with Gasteiger partial charge in [-0.15, -0.1) is 0 Å². The minimum atomic E-state index is -3.53. The van der Waals surface area contributed by atoms with Crippen molar-refractivity contribution >= 4 is 9.84 Å². The molecular weight excluding hydrogens is 340 g/mol. The average Bonchev–Trinajstić information content (AvgIpc) is 2.63. The monoisotopic (exact) mass is 366 g/mol. The Morgan fingerprint density at radius 3 is 2.24 bits per heavy atom. The Kier molecular flexibility index (Phi) is 4.65. The number of rotatable bonds is 2. The predicted molar refractivity (Wildman–Crippen MR) is 92.8 cm³/mol. The van der Waals surface area contributed by atoms with Gasteiger partial charge < -0.3 is 14.2 Å². The van der Waals surface area contributed by atoms with Gasteiger partial charge in [0, 0.05) is 19.3 Å². The van der Waals surface area contributed by atoms with Gasteiger partial charge >= 0.3 is 0 Å². The molecule has 0 aromatic heterocycles. The maximum atomic E-state index is 13.3. The molecule has 3 heterocycles. The number of hydrogen-bond acceptors (Lipinski definition) is 5. The van der Waals surface area contributed by atoms with E-state index in [4.69, 9.17) is 14.2 Å². The van der Waals surface area contributed by atoms with Crippen LogP contribution in [0.4, 0.5) is 0 Å². The lowest BCUT2D eigenvalue weighted by Crippen LogP contribution is -2.62. The molecule has 0 unspecified atom stereocenters. The summed E-state index contributed by atoms with van der Waals surface area (Å²) in [6.45, 7) is 1.21. The summed E-state index contributed by atoms with van der Waals surface area (Å²) in [5.74, 6) is -1.75. The van der Waals surface area contributed by atoms with Crippen LogP contribution in [0.1, 0.15) is 51.4 Å². The molecule has 3 saturated heterocycles. The highest BCUT2D eigenvalue weighted by atomic mass is 32.2. The summed E-state index contributed by atoms with van der Waals surface area (Å²) >= 11 is 0. The van der Waals surface area contributed by atoms with Crippen molar-refractivity contribution < 1.29 is 22.6 Å². The third kappa shape index (κ3) is 3.14. The van der Waals surface area contributed by atoms with Gasteiger partial charge in [-0.1, -0.05) is 18.2 Å². The van der Waals surface area contributed by atoms with Crippen molar-refractivity contribution in [1.82, 2.24) is 0 Å². The highest BCUT2D eigenvalue weighted by Gasteiger charge is 2.58. The summed E-state index contributed by atoms with van der Waals surface area (Å²) in [4.78, 5) is 0.345. The molecule has 0 saturated carbocycles. The van der Waals surface area contributed by atoms with Gasteiger partial charge in [-0.25, -0.2) is 8.42 Å². The fraction of sp³-hybridized carbons (Fsp3) is 0.684. The number of benzene rings is 1. The first kappa shape index (κ1) is 17.5. The van der Waals surface area contributed by atoms with Gasteiger partial charge in [0.2, 0.25) is 0 Å². The molecule has 3 atom stereocenters. The minimum absolute atomic E-state index is 0.345. The lowest BCUT2D eigenvalue weighted by molar-refractivity contribution is -0.394. The second kappa shape index (κ2) is 6.65. The molecule has 2 spiro atoms. The molecule has 3 aliphatic heterocycles. The fourth-order valence-corrected chi connectivity index (χ4v) is 6.40. The SMILES string of the molecule is O=S(=O)(c1ccccc1)[C@H]1CC[C@@]2(CCCCO2)O[C@@]12CCCCO2. The van der Waals surface area contributed by atoms with Crippen molar-refractivity contribution in [3.63, 3.8) is 0 Å². The van der Waals surface area contributed by atoms with Gasteiger partial charge in [0.05, 0.1) is 18.1 Å². The van der Waals surface area contributed by atoms with E-state index in [1.165, 1.54) is 0 Å². The molecule has 0 amide bonds. The molecule has 1 aromatic rings. The summed E-state index contributed by atoms with van der Waals surface area (Å²) in [7, 11) is -3.53. The molecule has 5 nitrogen and oxygen atoms in total. The maximum Gasteiger partial charge on any atom is 0.188 e. The van der Waals surface area contributed by atoms with Crippen molar-refractivity contribution in [2.24, 2.45) is 0 Å². The molecule has 25 heavy (non-hydrogen) atoms. The van der Waals surface area contributed by atoms with Crippen molar-refractivity contribution in [2.45, 2.75) is 73.1 Å². The van der Waals surface area contributed by atoms with Gasteiger partial charge in [0.25, 0.3) is 0 Å². The van der Waals surface area contributed by atoms with E-state index in [2.05, 4.69) is 0 Å². The molecule has 138 valence electrons. The van der Waals surface area contributed by atoms with Gasteiger partial charge in [-0.3, -0.25) is 0 Å². The number of ether oxygens (including phenoxy) is 3. The van der Waals surface area contributed by atoms with Gasteiger partial charge in [0.1, 0.15) is 5.25 Å². The largest absolute Gasteiger partial charge is 0.350 e. The lowest BCUT2D eigenvalue weighted by Gasteiger charge is -2.53.